The number of nitrogens with zero attached hydrogens (tertiary/aromatic N) is 2. The zero-order chi connectivity index (χ0) is 18.8. The molecule has 0 bridgehead atoms. The molecule has 1 aliphatic heterocycles. The first-order valence-corrected chi connectivity index (χ1v) is 8.32. The lowest BCUT2D eigenvalue weighted by atomic mass is 10.1. The number of para-hydroxylation sites is 1. The van der Waals surface area contributed by atoms with Crippen molar-refractivity contribution in [2.24, 2.45) is 0 Å². The fourth-order valence-corrected chi connectivity index (χ4v) is 3.21. The molecule has 0 spiro atoms. The third-order valence-corrected chi connectivity index (χ3v) is 4.45. The van der Waals surface area contributed by atoms with Gasteiger partial charge in [-0.3, -0.25) is 14.9 Å². The number of non-ortho nitro benzene ring substituents is 1. The summed E-state index contributed by atoms with van der Waals surface area (Å²) in [5.41, 5.74) is 1.88. The van der Waals surface area contributed by atoms with Gasteiger partial charge in [0.2, 0.25) is 0 Å². The molecule has 26 heavy (non-hydrogen) atoms. The molecule has 2 aromatic rings. The van der Waals surface area contributed by atoms with Gasteiger partial charge in [-0.25, -0.2) is 0 Å². The summed E-state index contributed by atoms with van der Waals surface area (Å²) in [7, 11) is 1.44. The van der Waals surface area contributed by atoms with E-state index in [1.807, 2.05) is 31.2 Å². The number of carbonyl (C=O) groups is 1. The summed E-state index contributed by atoms with van der Waals surface area (Å²) in [6.45, 7) is 3.62. The van der Waals surface area contributed by atoms with Crippen LogP contribution in [0, 0.1) is 10.1 Å². The zero-order valence-corrected chi connectivity index (χ0v) is 14.8. The number of benzene rings is 2. The molecule has 0 saturated heterocycles. The molecule has 2 aromatic carbocycles. The van der Waals surface area contributed by atoms with Gasteiger partial charge in [0, 0.05) is 17.8 Å². The highest BCUT2D eigenvalue weighted by molar-refractivity contribution is 5.99. The number of rotatable bonds is 5. The minimum Gasteiger partial charge on any atom is -0.493 e. The normalized spacial score (nSPS) is 16.7. The number of hydrogen-bond donors (Lipinski definition) is 0. The van der Waals surface area contributed by atoms with Crippen LogP contribution in [0.5, 0.6) is 11.5 Å². The summed E-state index contributed by atoms with van der Waals surface area (Å²) in [5.74, 6) is 0.309. The van der Waals surface area contributed by atoms with Gasteiger partial charge in [-0.1, -0.05) is 18.2 Å². The van der Waals surface area contributed by atoms with E-state index in [0.717, 1.165) is 17.7 Å². The van der Waals surface area contributed by atoms with Gasteiger partial charge < -0.3 is 14.4 Å². The minimum atomic E-state index is -0.820. The number of fused-ring (bicyclic) bond motifs is 1. The van der Waals surface area contributed by atoms with Crippen molar-refractivity contribution in [3.63, 3.8) is 0 Å². The molecule has 0 saturated carbocycles. The molecule has 136 valence electrons. The van der Waals surface area contributed by atoms with E-state index in [2.05, 4.69) is 0 Å². The molecule has 0 aliphatic carbocycles. The van der Waals surface area contributed by atoms with Crippen LogP contribution in [0.15, 0.2) is 42.5 Å². The standard InChI is InChI=1S/C19H20N2O5/c1-12-10-14-6-4-5-7-16(14)20(12)19(22)13(2)26-18-11-15(21(23)24)8-9-17(18)25-3/h4-9,11-13H,10H2,1-3H3/t12-,13-/m1/s1. The van der Waals surface area contributed by atoms with Crippen molar-refractivity contribution in [2.45, 2.75) is 32.4 Å². The second kappa shape index (κ2) is 7.03. The van der Waals surface area contributed by atoms with Crippen LogP contribution in [0.2, 0.25) is 0 Å². The van der Waals surface area contributed by atoms with E-state index in [-0.39, 0.29) is 23.4 Å². The van der Waals surface area contributed by atoms with E-state index in [0.29, 0.717) is 5.75 Å². The molecule has 0 N–H and O–H groups in total. The van der Waals surface area contributed by atoms with Gasteiger partial charge >= 0.3 is 0 Å². The average Bonchev–Trinajstić information content (AvgIpc) is 2.96. The molecule has 0 fully saturated rings. The third kappa shape index (κ3) is 3.20. The zero-order valence-electron chi connectivity index (χ0n) is 14.8. The lowest BCUT2D eigenvalue weighted by Crippen LogP contribution is -2.43. The molecule has 7 nitrogen and oxygen atoms in total. The van der Waals surface area contributed by atoms with Crippen LogP contribution in [-0.2, 0) is 11.2 Å². The van der Waals surface area contributed by atoms with Gasteiger partial charge in [-0.15, -0.1) is 0 Å². The van der Waals surface area contributed by atoms with Crippen molar-refractivity contribution >= 4 is 17.3 Å². The van der Waals surface area contributed by atoms with Crippen LogP contribution in [0.1, 0.15) is 19.4 Å². The Bertz CT molecular complexity index is 852. The first-order chi connectivity index (χ1) is 12.4. The van der Waals surface area contributed by atoms with Crippen molar-refractivity contribution in [3.05, 3.63) is 58.1 Å². The Balaban J connectivity index is 1.84. The van der Waals surface area contributed by atoms with Gasteiger partial charge in [0.15, 0.2) is 17.6 Å². The quantitative estimate of drug-likeness (QED) is 0.606. The number of hydrogen-bond acceptors (Lipinski definition) is 5. The molecule has 1 amide bonds. The highest BCUT2D eigenvalue weighted by Gasteiger charge is 2.34. The van der Waals surface area contributed by atoms with Crippen LogP contribution in [0.4, 0.5) is 11.4 Å². The van der Waals surface area contributed by atoms with Crippen molar-refractivity contribution < 1.29 is 19.2 Å². The van der Waals surface area contributed by atoms with Gasteiger partial charge in [0.1, 0.15) is 0 Å². The summed E-state index contributed by atoms with van der Waals surface area (Å²) in [6, 6.07) is 11.8. The highest BCUT2D eigenvalue weighted by Crippen LogP contribution is 2.35. The Morgan fingerprint density at radius 1 is 1.27 bits per heavy atom. The average molecular weight is 356 g/mol. The monoisotopic (exact) mass is 356 g/mol. The maximum absolute atomic E-state index is 13.0. The number of carbonyl (C=O) groups excluding carboxylic acids is 1. The second-order valence-corrected chi connectivity index (χ2v) is 6.24. The maximum Gasteiger partial charge on any atom is 0.273 e. The number of anilines is 1. The molecule has 1 heterocycles. The Hall–Kier alpha value is -3.09. The molecule has 7 heteroatoms. The van der Waals surface area contributed by atoms with Gasteiger partial charge in [-0.05, 0) is 38.0 Å². The Morgan fingerprint density at radius 3 is 2.69 bits per heavy atom. The summed E-state index contributed by atoms with van der Waals surface area (Å²) in [6.07, 6.45) is -0.0334. The van der Waals surface area contributed by atoms with E-state index in [1.54, 1.807) is 11.8 Å². The fraction of sp³-hybridized carbons (Fsp3) is 0.316. The molecular weight excluding hydrogens is 336 g/mol. The van der Waals surface area contributed by atoms with Crippen molar-refractivity contribution in [1.29, 1.82) is 0 Å². The molecular formula is C19H20N2O5. The van der Waals surface area contributed by atoms with Crippen molar-refractivity contribution in [1.82, 2.24) is 0 Å². The lowest BCUT2D eigenvalue weighted by Gasteiger charge is -2.26. The van der Waals surface area contributed by atoms with Crippen molar-refractivity contribution in [3.8, 4) is 11.5 Å². The SMILES string of the molecule is COc1ccc([N+](=O)[O-])cc1O[C@H](C)C(=O)N1c2ccccc2C[C@H]1C. The van der Waals surface area contributed by atoms with Crippen LogP contribution >= 0.6 is 0 Å². The van der Waals surface area contributed by atoms with Gasteiger partial charge in [0.05, 0.1) is 18.1 Å². The second-order valence-electron chi connectivity index (χ2n) is 6.24. The Morgan fingerprint density at radius 2 is 2.00 bits per heavy atom. The van der Waals surface area contributed by atoms with Gasteiger partial charge in [-0.2, -0.15) is 0 Å². The van der Waals surface area contributed by atoms with E-state index >= 15 is 0 Å². The maximum atomic E-state index is 13.0. The van der Waals surface area contributed by atoms with E-state index in [9.17, 15) is 14.9 Å². The van der Waals surface area contributed by atoms with Gasteiger partial charge in [0.25, 0.3) is 11.6 Å². The molecule has 1 aliphatic rings. The number of nitro benzene ring substituents is 1. The number of methoxy groups -OCH3 is 1. The Kier molecular flexibility index (Phi) is 4.79. The Labute approximate surface area is 151 Å². The number of ether oxygens (including phenoxy) is 2. The summed E-state index contributed by atoms with van der Waals surface area (Å²) in [4.78, 5) is 25.2. The molecule has 0 unspecified atom stereocenters. The fourth-order valence-electron chi connectivity index (χ4n) is 3.21. The predicted molar refractivity (Wildman–Crippen MR) is 96.8 cm³/mol. The predicted octanol–water partition coefficient (Wildman–Crippen LogP) is 3.35. The van der Waals surface area contributed by atoms with E-state index in [1.165, 1.54) is 25.3 Å². The number of amides is 1. The topological polar surface area (TPSA) is 81.9 Å². The minimum absolute atomic E-state index is 0.0259. The first kappa shape index (κ1) is 17.7. The first-order valence-electron chi connectivity index (χ1n) is 8.32. The molecule has 0 radical (unpaired) electrons. The molecule has 2 atom stereocenters. The third-order valence-electron chi connectivity index (χ3n) is 4.45. The smallest absolute Gasteiger partial charge is 0.273 e. The van der Waals surface area contributed by atoms with E-state index < -0.39 is 11.0 Å². The lowest BCUT2D eigenvalue weighted by molar-refractivity contribution is -0.385. The van der Waals surface area contributed by atoms with Crippen LogP contribution in [-0.4, -0.2) is 30.1 Å². The summed E-state index contributed by atoms with van der Waals surface area (Å²) >= 11 is 0. The van der Waals surface area contributed by atoms with Crippen LogP contribution in [0.25, 0.3) is 0 Å². The van der Waals surface area contributed by atoms with Crippen molar-refractivity contribution in [2.75, 3.05) is 12.0 Å². The summed E-state index contributed by atoms with van der Waals surface area (Å²) < 4.78 is 10.9. The summed E-state index contributed by atoms with van der Waals surface area (Å²) in [5, 5.41) is 11.0. The molecule has 0 aromatic heterocycles. The highest BCUT2D eigenvalue weighted by atomic mass is 16.6. The largest absolute Gasteiger partial charge is 0.493 e. The van der Waals surface area contributed by atoms with Crippen LogP contribution in [0.3, 0.4) is 0 Å². The molecule has 3 rings (SSSR count). The van der Waals surface area contributed by atoms with E-state index in [4.69, 9.17) is 9.47 Å². The number of nitro groups is 1. The van der Waals surface area contributed by atoms with Crippen LogP contribution < -0.4 is 14.4 Å².